The maximum absolute atomic E-state index is 12.6. The van der Waals surface area contributed by atoms with E-state index in [2.05, 4.69) is 13.8 Å². The van der Waals surface area contributed by atoms with Crippen molar-refractivity contribution in [1.82, 2.24) is 9.80 Å². The Morgan fingerprint density at radius 2 is 1.77 bits per heavy atom. The van der Waals surface area contributed by atoms with Crippen molar-refractivity contribution in [3.05, 3.63) is 0 Å². The zero-order valence-corrected chi connectivity index (χ0v) is 14.0. The molecule has 2 fully saturated rings. The molecular weight excluding hydrogens is 280 g/mol. The minimum Gasteiger partial charge on any atom is -0.480 e. The molecule has 0 aromatic heterocycles. The molecule has 126 valence electrons. The number of likely N-dealkylation sites (tertiary alicyclic amines) is 1. The third-order valence-electron chi connectivity index (χ3n) is 5.16. The van der Waals surface area contributed by atoms with Gasteiger partial charge in [-0.3, -0.25) is 14.5 Å². The van der Waals surface area contributed by atoms with Gasteiger partial charge in [0.2, 0.25) is 5.91 Å². The highest BCUT2D eigenvalue weighted by molar-refractivity contribution is 5.80. The Hall–Kier alpha value is -1.10. The molecular formula is C17H30N2O3. The third-order valence-corrected chi connectivity index (χ3v) is 5.16. The van der Waals surface area contributed by atoms with Crippen molar-refractivity contribution >= 4 is 11.9 Å². The van der Waals surface area contributed by atoms with Crippen LogP contribution < -0.4 is 0 Å². The number of carboxylic acid groups (broad SMARTS) is 1. The number of carboxylic acids is 1. The molecule has 1 saturated heterocycles. The molecule has 1 saturated carbocycles. The van der Waals surface area contributed by atoms with Crippen LogP contribution in [0.2, 0.25) is 0 Å². The third kappa shape index (κ3) is 3.80. The predicted octanol–water partition coefficient (Wildman–Crippen LogP) is 2.35. The fourth-order valence-corrected chi connectivity index (χ4v) is 4.18. The maximum atomic E-state index is 12.6. The van der Waals surface area contributed by atoms with Gasteiger partial charge in [-0.05, 0) is 38.0 Å². The van der Waals surface area contributed by atoms with E-state index in [1.807, 2.05) is 9.80 Å². The quantitative estimate of drug-likeness (QED) is 0.784. The first-order valence-corrected chi connectivity index (χ1v) is 8.84. The van der Waals surface area contributed by atoms with E-state index in [4.69, 9.17) is 0 Å². The number of carbonyl (C=O) groups is 2. The normalized spacial score (nSPS) is 28.4. The molecule has 3 atom stereocenters. The van der Waals surface area contributed by atoms with Crippen LogP contribution in [0.5, 0.6) is 0 Å². The Kier molecular flexibility index (Phi) is 6.24. The van der Waals surface area contributed by atoms with Crippen LogP contribution in [0.4, 0.5) is 0 Å². The van der Waals surface area contributed by atoms with Gasteiger partial charge in [0.15, 0.2) is 0 Å². The van der Waals surface area contributed by atoms with Gasteiger partial charge >= 0.3 is 5.97 Å². The van der Waals surface area contributed by atoms with E-state index < -0.39 is 12.0 Å². The van der Waals surface area contributed by atoms with Crippen LogP contribution in [0.1, 0.15) is 58.8 Å². The van der Waals surface area contributed by atoms with E-state index in [9.17, 15) is 14.7 Å². The van der Waals surface area contributed by atoms with Gasteiger partial charge in [-0.1, -0.05) is 26.7 Å². The van der Waals surface area contributed by atoms with E-state index in [-0.39, 0.29) is 12.5 Å². The monoisotopic (exact) mass is 310 g/mol. The lowest BCUT2D eigenvalue weighted by Gasteiger charge is -2.34. The molecule has 1 heterocycles. The van der Waals surface area contributed by atoms with Crippen LogP contribution in [0.3, 0.4) is 0 Å². The predicted molar refractivity (Wildman–Crippen MR) is 85.7 cm³/mol. The first-order valence-electron chi connectivity index (χ1n) is 8.84. The smallest absolute Gasteiger partial charge is 0.320 e. The second kappa shape index (κ2) is 7.95. The number of aliphatic carboxylic acids is 1. The van der Waals surface area contributed by atoms with E-state index in [1.165, 1.54) is 6.42 Å². The number of nitrogens with zero attached hydrogens (tertiary/aromatic N) is 2. The number of hydrogen-bond acceptors (Lipinski definition) is 3. The summed E-state index contributed by atoms with van der Waals surface area (Å²) in [6, 6.07) is -0.175. The van der Waals surface area contributed by atoms with Crippen LogP contribution in [0.25, 0.3) is 0 Å². The summed E-state index contributed by atoms with van der Waals surface area (Å²) in [5, 5.41) is 9.52. The van der Waals surface area contributed by atoms with Crippen molar-refractivity contribution in [2.24, 2.45) is 5.92 Å². The highest BCUT2D eigenvalue weighted by atomic mass is 16.4. The van der Waals surface area contributed by atoms with Crippen LogP contribution in [-0.4, -0.2) is 58.5 Å². The number of amides is 1. The van der Waals surface area contributed by atoms with Gasteiger partial charge in [-0.25, -0.2) is 0 Å². The Bertz CT molecular complexity index is 393. The average molecular weight is 310 g/mol. The fourth-order valence-electron chi connectivity index (χ4n) is 4.18. The topological polar surface area (TPSA) is 60.9 Å². The molecule has 1 N–H and O–H groups in total. The molecule has 2 aliphatic rings. The zero-order chi connectivity index (χ0) is 16.1. The number of rotatable bonds is 7. The van der Waals surface area contributed by atoms with Crippen LogP contribution in [0, 0.1) is 5.92 Å². The van der Waals surface area contributed by atoms with Gasteiger partial charge in [0.1, 0.15) is 6.04 Å². The van der Waals surface area contributed by atoms with E-state index in [0.717, 1.165) is 51.6 Å². The Morgan fingerprint density at radius 1 is 1.14 bits per heavy atom. The van der Waals surface area contributed by atoms with Gasteiger partial charge < -0.3 is 10.0 Å². The summed E-state index contributed by atoms with van der Waals surface area (Å²) >= 11 is 0. The lowest BCUT2D eigenvalue weighted by atomic mass is 9.85. The van der Waals surface area contributed by atoms with Crippen molar-refractivity contribution < 1.29 is 14.7 Å². The zero-order valence-electron chi connectivity index (χ0n) is 14.0. The van der Waals surface area contributed by atoms with E-state index >= 15 is 0 Å². The van der Waals surface area contributed by atoms with E-state index in [0.29, 0.717) is 12.0 Å². The van der Waals surface area contributed by atoms with E-state index in [1.54, 1.807) is 0 Å². The second-order valence-corrected chi connectivity index (χ2v) is 6.75. The molecule has 2 rings (SSSR count). The summed E-state index contributed by atoms with van der Waals surface area (Å²) in [6.45, 7) is 5.96. The molecule has 22 heavy (non-hydrogen) atoms. The summed E-state index contributed by atoms with van der Waals surface area (Å²) in [5.74, 6) is -0.200. The molecule has 1 amide bonds. The molecule has 1 aliphatic heterocycles. The summed E-state index contributed by atoms with van der Waals surface area (Å²) in [6.07, 6.45) is 7.13. The van der Waals surface area contributed by atoms with Crippen molar-refractivity contribution in [3.63, 3.8) is 0 Å². The lowest BCUT2D eigenvalue weighted by Crippen LogP contribution is -2.48. The minimum absolute atomic E-state index is 0.0983. The molecule has 0 unspecified atom stereocenters. The Balaban J connectivity index is 2.06. The number of carbonyl (C=O) groups excluding carboxylic acids is 1. The van der Waals surface area contributed by atoms with Gasteiger partial charge in [0.05, 0.1) is 6.54 Å². The van der Waals surface area contributed by atoms with Gasteiger partial charge in [-0.15, -0.1) is 0 Å². The number of fused-ring (bicyclic) bond motifs is 1. The van der Waals surface area contributed by atoms with Gasteiger partial charge in [-0.2, -0.15) is 0 Å². The summed E-state index contributed by atoms with van der Waals surface area (Å²) in [5.41, 5.74) is 0. The minimum atomic E-state index is -0.764. The van der Waals surface area contributed by atoms with Crippen LogP contribution in [0.15, 0.2) is 0 Å². The SMILES string of the molecule is CCCN(CCC)C(=O)CN1[C@@H]2CCCC[C@@H]2C[C@H]1C(=O)O. The molecule has 1 aliphatic carbocycles. The van der Waals surface area contributed by atoms with Crippen molar-refractivity contribution in [2.45, 2.75) is 70.9 Å². The number of hydrogen-bond donors (Lipinski definition) is 1. The van der Waals surface area contributed by atoms with Crippen molar-refractivity contribution in [1.29, 1.82) is 0 Å². The molecule has 0 aromatic carbocycles. The highest BCUT2D eigenvalue weighted by Crippen LogP contribution is 2.39. The van der Waals surface area contributed by atoms with Crippen molar-refractivity contribution in [3.8, 4) is 0 Å². The Labute approximate surface area is 133 Å². The standard InChI is InChI=1S/C17H30N2O3/c1-3-9-18(10-4-2)16(20)12-19-14-8-6-5-7-13(14)11-15(19)17(21)22/h13-15H,3-12H2,1-2H3,(H,21,22)/t13-,14-,15+/m1/s1. The largest absolute Gasteiger partial charge is 0.480 e. The lowest BCUT2D eigenvalue weighted by molar-refractivity contribution is -0.144. The van der Waals surface area contributed by atoms with Crippen LogP contribution >= 0.6 is 0 Å². The molecule has 0 spiro atoms. The Morgan fingerprint density at radius 3 is 2.36 bits per heavy atom. The fraction of sp³-hybridized carbons (Fsp3) is 0.882. The first-order chi connectivity index (χ1) is 10.6. The highest BCUT2D eigenvalue weighted by Gasteiger charge is 2.45. The molecule has 5 heteroatoms. The van der Waals surface area contributed by atoms with Crippen LogP contribution in [-0.2, 0) is 9.59 Å². The molecule has 0 aromatic rings. The second-order valence-electron chi connectivity index (χ2n) is 6.75. The molecule has 0 bridgehead atoms. The summed E-state index contributed by atoms with van der Waals surface area (Å²) < 4.78 is 0. The van der Waals surface area contributed by atoms with Gasteiger partial charge in [0.25, 0.3) is 0 Å². The average Bonchev–Trinajstić information content (AvgIpc) is 2.86. The molecule has 5 nitrogen and oxygen atoms in total. The molecule has 0 radical (unpaired) electrons. The van der Waals surface area contributed by atoms with Gasteiger partial charge in [0, 0.05) is 19.1 Å². The maximum Gasteiger partial charge on any atom is 0.320 e. The van der Waals surface area contributed by atoms with Crippen molar-refractivity contribution in [2.75, 3.05) is 19.6 Å². The summed E-state index contributed by atoms with van der Waals surface area (Å²) in [4.78, 5) is 28.1. The summed E-state index contributed by atoms with van der Waals surface area (Å²) in [7, 11) is 0. The first kappa shape index (κ1) is 17.3.